The summed E-state index contributed by atoms with van der Waals surface area (Å²) in [4.78, 5) is 37.4. The minimum Gasteiger partial charge on any atom is -0.496 e. The molecule has 0 N–H and O–H groups in total. The number of aryl methyl sites for hydroxylation is 3. The van der Waals surface area contributed by atoms with Crippen molar-refractivity contribution in [2.45, 2.75) is 34.1 Å². The Morgan fingerprint density at radius 3 is 2.43 bits per heavy atom. The molecule has 0 saturated heterocycles. The molecule has 3 aromatic carbocycles. The number of carbonyl (C=O) groups is 2. The number of esters is 1. The molecule has 0 aliphatic rings. The van der Waals surface area contributed by atoms with Gasteiger partial charge in [-0.05, 0) is 62.2 Å². The Balaban J connectivity index is 1.71. The van der Waals surface area contributed by atoms with Crippen LogP contribution < -0.4 is 15.1 Å². The maximum absolute atomic E-state index is 13.2. The van der Waals surface area contributed by atoms with E-state index in [4.69, 9.17) is 13.9 Å². The van der Waals surface area contributed by atoms with Crippen molar-refractivity contribution < 1.29 is 23.5 Å². The van der Waals surface area contributed by atoms with E-state index in [9.17, 15) is 14.4 Å². The van der Waals surface area contributed by atoms with Crippen molar-refractivity contribution in [2.75, 3.05) is 7.11 Å². The Kier molecular flexibility index (Phi) is 6.56. The first kappa shape index (κ1) is 24.0. The fourth-order valence-corrected chi connectivity index (χ4v) is 4.25. The van der Waals surface area contributed by atoms with Crippen LogP contribution >= 0.6 is 0 Å². The average Bonchev–Trinajstić information content (AvgIpc) is 2.82. The van der Waals surface area contributed by atoms with Crippen LogP contribution in [0.2, 0.25) is 0 Å². The molecule has 0 bridgehead atoms. The van der Waals surface area contributed by atoms with Gasteiger partial charge in [-0.1, -0.05) is 29.8 Å². The summed E-state index contributed by atoms with van der Waals surface area (Å²) in [7, 11) is 1.59. The molecular formula is C29H26O6. The van der Waals surface area contributed by atoms with Crippen LogP contribution in [-0.4, -0.2) is 18.9 Å². The van der Waals surface area contributed by atoms with Gasteiger partial charge < -0.3 is 13.9 Å². The Hall–Kier alpha value is -4.19. The van der Waals surface area contributed by atoms with Crippen LogP contribution in [0.5, 0.6) is 11.5 Å². The van der Waals surface area contributed by atoms with Gasteiger partial charge >= 0.3 is 11.6 Å². The number of hydrogen-bond acceptors (Lipinski definition) is 6. The smallest absolute Gasteiger partial charge is 0.339 e. The number of benzene rings is 3. The summed E-state index contributed by atoms with van der Waals surface area (Å²) >= 11 is 0. The van der Waals surface area contributed by atoms with Crippen LogP contribution in [0.4, 0.5) is 0 Å². The topological polar surface area (TPSA) is 82.8 Å². The maximum Gasteiger partial charge on any atom is 0.339 e. The van der Waals surface area contributed by atoms with Crippen molar-refractivity contribution in [3.05, 3.63) is 92.8 Å². The van der Waals surface area contributed by atoms with E-state index in [1.165, 1.54) is 6.92 Å². The summed E-state index contributed by atoms with van der Waals surface area (Å²) in [6.07, 6.45) is -0.109. The highest BCUT2D eigenvalue weighted by atomic mass is 16.5. The third-order valence-corrected chi connectivity index (χ3v) is 5.91. The Morgan fingerprint density at radius 1 is 0.971 bits per heavy atom. The van der Waals surface area contributed by atoms with Gasteiger partial charge in [0.15, 0.2) is 5.78 Å². The van der Waals surface area contributed by atoms with Gasteiger partial charge in [-0.25, -0.2) is 4.79 Å². The second-order valence-electron chi connectivity index (χ2n) is 8.60. The van der Waals surface area contributed by atoms with Crippen LogP contribution in [0, 0.1) is 20.8 Å². The summed E-state index contributed by atoms with van der Waals surface area (Å²) in [6.45, 7) is 6.86. The van der Waals surface area contributed by atoms with Crippen LogP contribution in [0.15, 0.2) is 63.8 Å². The lowest BCUT2D eigenvalue weighted by Crippen LogP contribution is -2.14. The third kappa shape index (κ3) is 4.87. The highest BCUT2D eigenvalue weighted by Crippen LogP contribution is 2.33. The Morgan fingerprint density at radius 2 is 1.74 bits per heavy atom. The van der Waals surface area contributed by atoms with Gasteiger partial charge in [0, 0.05) is 41.0 Å². The summed E-state index contributed by atoms with van der Waals surface area (Å²) in [5, 5.41) is 0.661. The van der Waals surface area contributed by atoms with Gasteiger partial charge in [0.25, 0.3) is 0 Å². The molecule has 0 aliphatic carbocycles. The minimum atomic E-state index is -0.598. The number of rotatable bonds is 6. The summed E-state index contributed by atoms with van der Waals surface area (Å²) in [6, 6.07) is 16.6. The van der Waals surface area contributed by atoms with E-state index < -0.39 is 11.6 Å². The Labute approximate surface area is 203 Å². The zero-order valence-corrected chi connectivity index (χ0v) is 20.4. The molecule has 6 nitrogen and oxygen atoms in total. The molecule has 0 fully saturated rings. The first-order valence-electron chi connectivity index (χ1n) is 11.2. The van der Waals surface area contributed by atoms with E-state index in [0.29, 0.717) is 33.6 Å². The van der Waals surface area contributed by atoms with Gasteiger partial charge in [0.1, 0.15) is 17.1 Å². The molecule has 4 rings (SSSR count). The van der Waals surface area contributed by atoms with E-state index in [1.54, 1.807) is 44.4 Å². The predicted molar refractivity (Wildman–Crippen MR) is 134 cm³/mol. The largest absolute Gasteiger partial charge is 0.496 e. The van der Waals surface area contributed by atoms with Crippen LogP contribution in [-0.2, 0) is 11.2 Å². The molecular weight excluding hydrogens is 444 g/mol. The maximum atomic E-state index is 13.2. The molecule has 0 amide bonds. The van der Waals surface area contributed by atoms with Crippen LogP contribution in [0.1, 0.15) is 39.5 Å². The minimum absolute atomic E-state index is 0.109. The first-order valence-corrected chi connectivity index (χ1v) is 11.2. The molecule has 6 heteroatoms. The fraction of sp³-hybridized carbons (Fsp3) is 0.207. The number of hydrogen-bond donors (Lipinski definition) is 0. The summed E-state index contributed by atoms with van der Waals surface area (Å²) in [5.74, 6) is 0.369. The lowest BCUT2D eigenvalue weighted by Gasteiger charge is -2.13. The molecule has 0 spiro atoms. The van der Waals surface area contributed by atoms with E-state index in [-0.39, 0.29) is 17.8 Å². The highest BCUT2D eigenvalue weighted by Gasteiger charge is 2.18. The monoisotopic (exact) mass is 470 g/mol. The number of Topliss-reactive ketones (excluding diaryl/α,β-unsaturated/α-hetero) is 1. The van der Waals surface area contributed by atoms with Crippen molar-refractivity contribution in [2.24, 2.45) is 0 Å². The second kappa shape index (κ2) is 9.58. The predicted octanol–water partition coefficient (Wildman–Crippen LogP) is 5.74. The molecule has 35 heavy (non-hydrogen) atoms. The van der Waals surface area contributed by atoms with Crippen LogP contribution in [0.25, 0.3) is 22.1 Å². The zero-order chi connectivity index (χ0) is 25.3. The summed E-state index contributed by atoms with van der Waals surface area (Å²) in [5.41, 5.74) is 4.59. The standard InChI is InChI=1S/C29H26O6/c1-16-7-6-8-20(11-16)24-14-21(9-10-26(24)33-5)25(31)15-23-13-22-12-17(2)27(34-19(4)30)18(3)28(22)35-29(23)32/h6-14H,15H2,1-5H3. The normalized spacial score (nSPS) is 10.9. The molecule has 0 atom stereocenters. The quantitative estimate of drug-likeness (QED) is 0.155. The number of ketones is 1. The van der Waals surface area contributed by atoms with Crippen molar-refractivity contribution in [1.29, 1.82) is 0 Å². The Bertz CT molecular complexity index is 1530. The molecule has 0 unspecified atom stereocenters. The molecule has 4 aromatic rings. The number of methoxy groups -OCH3 is 1. The lowest BCUT2D eigenvalue weighted by molar-refractivity contribution is -0.131. The molecule has 1 heterocycles. The first-order chi connectivity index (χ1) is 16.7. The van der Waals surface area contributed by atoms with Gasteiger partial charge in [0.2, 0.25) is 0 Å². The molecule has 1 aromatic heterocycles. The van der Waals surface area contributed by atoms with E-state index in [2.05, 4.69) is 0 Å². The van der Waals surface area contributed by atoms with Crippen molar-refractivity contribution >= 4 is 22.7 Å². The van der Waals surface area contributed by atoms with E-state index in [0.717, 1.165) is 22.3 Å². The average molecular weight is 471 g/mol. The molecule has 0 radical (unpaired) electrons. The van der Waals surface area contributed by atoms with Crippen molar-refractivity contribution in [1.82, 2.24) is 0 Å². The van der Waals surface area contributed by atoms with Crippen LogP contribution in [0.3, 0.4) is 0 Å². The number of ether oxygens (including phenoxy) is 2. The highest BCUT2D eigenvalue weighted by molar-refractivity contribution is 5.99. The second-order valence-corrected chi connectivity index (χ2v) is 8.60. The fourth-order valence-electron chi connectivity index (χ4n) is 4.25. The SMILES string of the molecule is COc1ccc(C(=O)Cc2cc3cc(C)c(OC(C)=O)c(C)c3oc2=O)cc1-c1cccc(C)c1. The number of fused-ring (bicyclic) bond motifs is 1. The van der Waals surface area contributed by atoms with E-state index >= 15 is 0 Å². The van der Waals surface area contributed by atoms with Crippen molar-refractivity contribution in [3.8, 4) is 22.6 Å². The molecule has 0 aliphatic heterocycles. The van der Waals surface area contributed by atoms with Gasteiger partial charge in [0.05, 0.1) is 7.11 Å². The third-order valence-electron chi connectivity index (χ3n) is 5.91. The van der Waals surface area contributed by atoms with Gasteiger partial charge in [-0.2, -0.15) is 0 Å². The summed E-state index contributed by atoms with van der Waals surface area (Å²) < 4.78 is 16.4. The lowest BCUT2D eigenvalue weighted by atomic mass is 9.96. The molecule has 0 saturated carbocycles. The number of carbonyl (C=O) groups excluding carboxylic acids is 2. The van der Waals surface area contributed by atoms with Gasteiger partial charge in [-0.3, -0.25) is 9.59 Å². The van der Waals surface area contributed by atoms with E-state index in [1.807, 2.05) is 38.1 Å². The molecule has 178 valence electrons. The van der Waals surface area contributed by atoms with Crippen molar-refractivity contribution in [3.63, 3.8) is 0 Å². The zero-order valence-electron chi connectivity index (χ0n) is 20.4. The van der Waals surface area contributed by atoms with Gasteiger partial charge in [-0.15, -0.1) is 0 Å².